The first-order chi connectivity index (χ1) is 7.18. The zero-order valence-corrected chi connectivity index (χ0v) is 11.1. The lowest BCUT2D eigenvalue weighted by Gasteiger charge is -2.32. The van der Waals surface area contributed by atoms with Crippen LogP contribution < -0.4 is 0 Å². The van der Waals surface area contributed by atoms with Crippen LogP contribution in [0.1, 0.15) is 46.6 Å². The molecule has 0 aromatic heterocycles. The molecule has 1 rings (SSSR count). The standard InChI is InChI=1S/C15H23F/c1-14(2,3)11-15(4,5)10-12-6-8-13(16)9-7-12/h6-9H,10-11H2,1-5H3. The summed E-state index contributed by atoms with van der Waals surface area (Å²) in [6, 6.07) is 6.87. The van der Waals surface area contributed by atoms with E-state index >= 15 is 0 Å². The SMILES string of the molecule is CC(C)(C)CC(C)(C)Cc1ccc(F)cc1. The van der Waals surface area contributed by atoms with Crippen LogP contribution in [0, 0.1) is 16.6 Å². The van der Waals surface area contributed by atoms with Gasteiger partial charge in [0.15, 0.2) is 0 Å². The Bertz CT molecular complexity index is 327. The average molecular weight is 222 g/mol. The fraction of sp³-hybridized carbons (Fsp3) is 0.600. The topological polar surface area (TPSA) is 0 Å². The van der Waals surface area contributed by atoms with E-state index in [9.17, 15) is 4.39 Å². The second kappa shape index (κ2) is 4.57. The lowest BCUT2D eigenvalue weighted by Crippen LogP contribution is -2.22. The Morgan fingerprint density at radius 3 is 1.88 bits per heavy atom. The molecular weight excluding hydrogens is 199 g/mol. The van der Waals surface area contributed by atoms with Crippen molar-refractivity contribution in [2.45, 2.75) is 47.5 Å². The third-order valence-electron chi connectivity index (χ3n) is 2.60. The van der Waals surface area contributed by atoms with Crippen LogP contribution >= 0.6 is 0 Å². The van der Waals surface area contributed by atoms with Gasteiger partial charge in [-0.1, -0.05) is 46.8 Å². The predicted molar refractivity (Wildman–Crippen MR) is 68.0 cm³/mol. The van der Waals surface area contributed by atoms with Crippen molar-refractivity contribution in [3.05, 3.63) is 35.6 Å². The Morgan fingerprint density at radius 2 is 1.44 bits per heavy atom. The monoisotopic (exact) mass is 222 g/mol. The van der Waals surface area contributed by atoms with E-state index in [1.807, 2.05) is 12.1 Å². The summed E-state index contributed by atoms with van der Waals surface area (Å²) in [6.07, 6.45) is 2.17. The summed E-state index contributed by atoms with van der Waals surface area (Å²) in [4.78, 5) is 0. The molecule has 1 aromatic carbocycles. The highest BCUT2D eigenvalue weighted by Gasteiger charge is 2.25. The van der Waals surface area contributed by atoms with E-state index in [4.69, 9.17) is 0 Å². The summed E-state index contributed by atoms with van der Waals surface area (Å²) < 4.78 is 12.8. The number of benzene rings is 1. The van der Waals surface area contributed by atoms with Crippen molar-refractivity contribution in [1.82, 2.24) is 0 Å². The molecule has 0 aliphatic rings. The van der Waals surface area contributed by atoms with Gasteiger partial charge in [-0.15, -0.1) is 0 Å². The summed E-state index contributed by atoms with van der Waals surface area (Å²) in [7, 11) is 0. The van der Waals surface area contributed by atoms with Gasteiger partial charge >= 0.3 is 0 Å². The van der Waals surface area contributed by atoms with Crippen LogP contribution in [0.5, 0.6) is 0 Å². The van der Waals surface area contributed by atoms with Crippen LogP contribution in [0.15, 0.2) is 24.3 Å². The van der Waals surface area contributed by atoms with Gasteiger partial charge in [-0.3, -0.25) is 0 Å². The van der Waals surface area contributed by atoms with E-state index in [0.29, 0.717) is 5.41 Å². The van der Waals surface area contributed by atoms with Crippen LogP contribution in [-0.2, 0) is 6.42 Å². The van der Waals surface area contributed by atoms with Crippen molar-refractivity contribution < 1.29 is 4.39 Å². The van der Waals surface area contributed by atoms with Crippen LogP contribution in [0.4, 0.5) is 4.39 Å². The first kappa shape index (κ1) is 13.2. The second-order valence-electron chi connectivity index (χ2n) is 6.70. The normalized spacial score (nSPS) is 12.9. The van der Waals surface area contributed by atoms with Crippen molar-refractivity contribution >= 4 is 0 Å². The summed E-state index contributed by atoms with van der Waals surface area (Å²) in [5, 5.41) is 0. The van der Waals surface area contributed by atoms with Crippen LogP contribution in [-0.4, -0.2) is 0 Å². The molecule has 0 fully saturated rings. The Kier molecular flexibility index (Phi) is 3.77. The maximum Gasteiger partial charge on any atom is 0.123 e. The number of hydrogen-bond acceptors (Lipinski definition) is 0. The Labute approximate surface area is 98.9 Å². The quantitative estimate of drug-likeness (QED) is 0.687. The van der Waals surface area contributed by atoms with Crippen molar-refractivity contribution in [2.24, 2.45) is 10.8 Å². The molecule has 1 heteroatoms. The van der Waals surface area contributed by atoms with Gasteiger partial charge in [0.2, 0.25) is 0 Å². The smallest absolute Gasteiger partial charge is 0.123 e. The fourth-order valence-corrected chi connectivity index (χ4v) is 2.65. The summed E-state index contributed by atoms with van der Waals surface area (Å²) >= 11 is 0. The molecular formula is C15H23F. The van der Waals surface area contributed by atoms with Gasteiger partial charge in [0.1, 0.15) is 5.82 Å². The van der Waals surface area contributed by atoms with Crippen LogP contribution in [0.2, 0.25) is 0 Å². The van der Waals surface area contributed by atoms with E-state index in [0.717, 1.165) is 12.8 Å². The van der Waals surface area contributed by atoms with Gasteiger partial charge in [0, 0.05) is 0 Å². The number of halogens is 1. The van der Waals surface area contributed by atoms with Crippen molar-refractivity contribution in [3.63, 3.8) is 0 Å². The lowest BCUT2D eigenvalue weighted by atomic mass is 9.73. The molecule has 90 valence electrons. The molecule has 0 spiro atoms. The van der Waals surface area contributed by atoms with Crippen molar-refractivity contribution in [3.8, 4) is 0 Å². The zero-order chi connectivity index (χ0) is 12.4. The van der Waals surface area contributed by atoms with Crippen molar-refractivity contribution in [2.75, 3.05) is 0 Å². The first-order valence-electron chi connectivity index (χ1n) is 5.92. The fourth-order valence-electron chi connectivity index (χ4n) is 2.65. The van der Waals surface area contributed by atoms with E-state index in [-0.39, 0.29) is 11.2 Å². The van der Waals surface area contributed by atoms with Gasteiger partial charge in [-0.2, -0.15) is 0 Å². The number of rotatable bonds is 3. The predicted octanol–water partition coefficient (Wildman–Crippen LogP) is 4.83. The molecule has 0 radical (unpaired) electrons. The third kappa shape index (κ3) is 4.78. The molecule has 0 aliphatic heterocycles. The van der Waals surface area contributed by atoms with E-state index < -0.39 is 0 Å². The van der Waals surface area contributed by atoms with E-state index in [2.05, 4.69) is 34.6 Å². The minimum absolute atomic E-state index is 0.155. The molecule has 0 atom stereocenters. The lowest BCUT2D eigenvalue weighted by molar-refractivity contribution is 0.211. The number of hydrogen-bond donors (Lipinski definition) is 0. The highest BCUT2D eigenvalue weighted by Crippen LogP contribution is 2.35. The Hall–Kier alpha value is -0.850. The summed E-state index contributed by atoms with van der Waals surface area (Å²) in [5.74, 6) is -0.155. The van der Waals surface area contributed by atoms with Gasteiger partial charge in [-0.05, 0) is 41.4 Å². The summed E-state index contributed by atoms with van der Waals surface area (Å²) in [5.41, 5.74) is 1.82. The Morgan fingerprint density at radius 1 is 0.938 bits per heavy atom. The minimum atomic E-state index is -0.155. The molecule has 0 unspecified atom stereocenters. The van der Waals surface area contributed by atoms with Gasteiger partial charge < -0.3 is 0 Å². The van der Waals surface area contributed by atoms with Gasteiger partial charge in [-0.25, -0.2) is 4.39 Å². The second-order valence-corrected chi connectivity index (χ2v) is 6.70. The highest BCUT2D eigenvalue weighted by molar-refractivity contribution is 5.17. The van der Waals surface area contributed by atoms with Crippen LogP contribution in [0.25, 0.3) is 0 Å². The van der Waals surface area contributed by atoms with E-state index in [1.165, 1.54) is 5.56 Å². The third-order valence-corrected chi connectivity index (χ3v) is 2.60. The molecule has 0 heterocycles. The largest absolute Gasteiger partial charge is 0.207 e. The van der Waals surface area contributed by atoms with E-state index in [1.54, 1.807) is 12.1 Å². The molecule has 0 bridgehead atoms. The average Bonchev–Trinajstić information content (AvgIpc) is 2.04. The molecule has 0 N–H and O–H groups in total. The molecule has 0 amide bonds. The molecule has 0 saturated carbocycles. The maximum atomic E-state index is 12.8. The van der Waals surface area contributed by atoms with Crippen molar-refractivity contribution in [1.29, 1.82) is 0 Å². The minimum Gasteiger partial charge on any atom is -0.207 e. The zero-order valence-electron chi connectivity index (χ0n) is 11.1. The molecule has 0 saturated heterocycles. The Balaban J connectivity index is 2.69. The molecule has 0 aliphatic carbocycles. The van der Waals surface area contributed by atoms with Gasteiger partial charge in [0.25, 0.3) is 0 Å². The van der Waals surface area contributed by atoms with Crippen LogP contribution in [0.3, 0.4) is 0 Å². The molecule has 16 heavy (non-hydrogen) atoms. The maximum absolute atomic E-state index is 12.8. The summed E-state index contributed by atoms with van der Waals surface area (Å²) in [6.45, 7) is 11.3. The highest BCUT2D eigenvalue weighted by atomic mass is 19.1. The first-order valence-corrected chi connectivity index (χ1v) is 5.92. The molecule has 1 aromatic rings. The molecule has 0 nitrogen and oxygen atoms in total. The van der Waals surface area contributed by atoms with Gasteiger partial charge in [0.05, 0.1) is 0 Å².